The Morgan fingerprint density at radius 3 is 2.25 bits per heavy atom. The summed E-state index contributed by atoms with van der Waals surface area (Å²) in [6.07, 6.45) is 3.02. The zero-order chi connectivity index (χ0) is 17.1. The van der Waals surface area contributed by atoms with Gasteiger partial charge in [-0.1, -0.05) is 0 Å². The van der Waals surface area contributed by atoms with Crippen LogP contribution in [0, 0.1) is 5.92 Å². The van der Waals surface area contributed by atoms with Gasteiger partial charge in [0.2, 0.25) is 5.91 Å². The summed E-state index contributed by atoms with van der Waals surface area (Å²) in [4.78, 5) is 28.7. The Kier molecular flexibility index (Phi) is 5.07. The van der Waals surface area contributed by atoms with Gasteiger partial charge in [0.15, 0.2) is 0 Å². The molecular formula is C19H26N2O3. The fourth-order valence-electron chi connectivity index (χ4n) is 3.06. The zero-order valence-corrected chi connectivity index (χ0v) is 14.5. The standard InChI is InChI=1S/C19H26N2O3/c1-14(2)24-17-8-6-16(7-9-17)19(23)21-11-3-10-20(12-13-21)18(22)15-4-5-15/h6-9,14-15H,3-5,10-13H2,1-2H3. The summed E-state index contributed by atoms with van der Waals surface area (Å²) in [5.74, 6) is 1.34. The predicted octanol–water partition coefficient (Wildman–Crippen LogP) is 2.56. The molecule has 1 heterocycles. The van der Waals surface area contributed by atoms with E-state index in [9.17, 15) is 9.59 Å². The molecule has 2 aliphatic rings. The molecule has 1 saturated carbocycles. The molecule has 0 N–H and O–H groups in total. The molecule has 2 amide bonds. The molecule has 130 valence electrons. The van der Waals surface area contributed by atoms with Gasteiger partial charge in [-0.3, -0.25) is 9.59 Å². The Balaban J connectivity index is 1.59. The average molecular weight is 330 g/mol. The second-order valence-corrected chi connectivity index (χ2v) is 6.94. The molecule has 0 radical (unpaired) electrons. The van der Waals surface area contributed by atoms with E-state index in [0.717, 1.165) is 31.6 Å². The van der Waals surface area contributed by atoms with Crippen molar-refractivity contribution in [2.75, 3.05) is 26.2 Å². The van der Waals surface area contributed by atoms with E-state index in [-0.39, 0.29) is 23.8 Å². The van der Waals surface area contributed by atoms with Gasteiger partial charge in [-0.25, -0.2) is 0 Å². The van der Waals surface area contributed by atoms with Crippen LogP contribution in [-0.2, 0) is 4.79 Å². The molecule has 1 aliphatic heterocycles. The van der Waals surface area contributed by atoms with Crippen LogP contribution in [-0.4, -0.2) is 53.9 Å². The summed E-state index contributed by atoms with van der Waals surface area (Å²) in [7, 11) is 0. The Morgan fingerprint density at radius 2 is 1.62 bits per heavy atom. The Bertz CT molecular complexity index is 593. The fourth-order valence-corrected chi connectivity index (χ4v) is 3.06. The van der Waals surface area contributed by atoms with Crippen LogP contribution in [0.1, 0.15) is 43.5 Å². The van der Waals surface area contributed by atoms with E-state index < -0.39 is 0 Å². The topological polar surface area (TPSA) is 49.9 Å². The molecule has 2 fully saturated rings. The van der Waals surface area contributed by atoms with Crippen molar-refractivity contribution in [3.63, 3.8) is 0 Å². The Morgan fingerprint density at radius 1 is 1.00 bits per heavy atom. The monoisotopic (exact) mass is 330 g/mol. The first-order valence-electron chi connectivity index (χ1n) is 8.89. The molecule has 5 heteroatoms. The quantitative estimate of drug-likeness (QED) is 0.852. The van der Waals surface area contributed by atoms with Crippen molar-refractivity contribution in [3.05, 3.63) is 29.8 Å². The van der Waals surface area contributed by atoms with Crippen molar-refractivity contribution in [1.82, 2.24) is 9.80 Å². The second-order valence-electron chi connectivity index (χ2n) is 6.94. The van der Waals surface area contributed by atoms with E-state index in [1.165, 1.54) is 0 Å². The third-order valence-electron chi connectivity index (χ3n) is 4.49. The van der Waals surface area contributed by atoms with Crippen molar-refractivity contribution in [2.24, 2.45) is 5.92 Å². The van der Waals surface area contributed by atoms with E-state index >= 15 is 0 Å². The summed E-state index contributed by atoms with van der Waals surface area (Å²) in [5.41, 5.74) is 0.674. The highest BCUT2D eigenvalue weighted by molar-refractivity contribution is 5.94. The maximum atomic E-state index is 12.7. The highest BCUT2D eigenvalue weighted by Gasteiger charge is 2.34. The van der Waals surface area contributed by atoms with Crippen LogP contribution < -0.4 is 4.74 Å². The molecule has 0 spiro atoms. The molecule has 1 aromatic carbocycles. The molecule has 0 unspecified atom stereocenters. The smallest absolute Gasteiger partial charge is 0.253 e. The first-order chi connectivity index (χ1) is 11.5. The van der Waals surface area contributed by atoms with Crippen molar-refractivity contribution in [2.45, 2.75) is 39.2 Å². The molecule has 0 atom stereocenters. The molecule has 3 rings (SSSR count). The van der Waals surface area contributed by atoms with Crippen LogP contribution in [0.2, 0.25) is 0 Å². The zero-order valence-electron chi connectivity index (χ0n) is 14.5. The lowest BCUT2D eigenvalue weighted by Gasteiger charge is -2.22. The number of hydrogen-bond acceptors (Lipinski definition) is 3. The van der Waals surface area contributed by atoms with Crippen LogP contribution in [0.3, 0.4) is 0 Å². The molecule has 0 aromatic heterocycles. The minimum atomic E-state index is 0.0341. The van der Waals surface area contributed by atoms with Crippen LogP contribution in [0.25, 0.3) is 0 Å². The highest BCUT2D eigenvalue weighted by atomic mass is 16.5. The average Bonchev–Trinajstić information content (AvgIpc) is 3.40. The number of carbonyl (C=O) groups excluding carboxylic acids is 2. The van der Waals surface area contributed by atoms with E-state index in [1.807, 2.05) is 47.9 Å². The van der Waals surface area contributed by atoms with Crippen molar-refractivity contribution in [3.8, 4) is 5.75 Å². The number of ether oxygens (including phenoxy) is 1. The largest absolute Gasteiger partial charge is 0.491 e. The predicted molar refractivity (Wildman–Crippen MR) is 92.0 cm³/mol. The van der Waals surface area contributed by atoms with Crippen LogP contribution >= 0.6 is 0 Å². The third-order valence-corrected chi connectivity index (χ3v) is 4.49. The summed E-state index contributed by atoms with van der Waals surface area (Å²) >= 11 is 0. The van der Waals surface area contributed by atoms with E-state index in [0.29, 0.717) is 25.2 Å². The van der Waals surface area contributed by atoms with Gasteiger partial charge in [0.05, 0.1) is 6.10 Å². The molecule has 1 aromatic rings. The minimum Gasteiger partial charge on any atom is -0.491 e. The molecule has 24 heavy (non-hydrogen) atoms. The summed E-state index contributed by atoms with van der Waals surface area (Å²) < 4.78 is 5.61. The first kappa shape index (κ1) is 16.8. The fraction of sp³-hybridized carbons (Fsp3) is 0.579. The number of hydrogen-bond donors (Lipinski definition) is 0. The normalized spacial score (nSPS) is 18.5. The van der Waals surface area contributed by atoms with Gasteiger partial charge < -0.3 is 14.5 Å². The Labute approximate surface area is 143 Å². The summed E-state index contributed by atoms with van der Waals surface area (Å²) in [6, 6.07) is 7.32. The highest BCUT2D eigenvalue weighted by Crippen LogP contribution is 2.31. The minimum absolute atomic E-state index is 0.0341. The Hall–Kier alpha value is -2.04. The van der Waals surface area contributed by atoms with Crippen molar-refractivity contribution >= 4 is 11.8 Å². The van der Waals surface area contributed by atoms with Crippen molar-refractivity contribution < 1.29 is 14.3 Å². The van der Waals surface area contributed by atoms with Gasteiger partial charge in [-0.15, -0.1) is 0 Å². The van der Waals surface area contributed by atoms with Gasteiger partial charge in [0.1, 0.15) is 5.75 Å². The maximum Gasteiger partial charge on any atom is 0.253 e. The number of carbonyl (C=O) groups is 2. The van der Waals surface area contributed by atoms with Crippen LogP contribution in [0.15, 0.2) is 24.3 Å². The maximum absolute atomic E-state index is 12.7. The first-order valence-corrected chi connectivity index (χ1v) is 8.89. The number of benzene rings is 1. The summed E-state index contributed by atoms with van der Waals surface area (Å²) in [6.45, 7) is 6.69. The van der Waals surface area contributed by atoms with E-state index in [2.05, 4.69) is 0 Å². The summed E-state index contributed by atoms with van der Waals surface area (Å²) in [5, 5.41) is 0. The van der Waals surface area contributed by atoms with Gasteiger partial charge in [0.25, 0.3) is 5.91 Å². The van der Waals surface area contributed by atoms with E-state index in [1.54, 1.807) is 0 Å². The van der Waals surface area contributed by atoms with Gasteiger partial charge >= 0.3 is 0 Å². The number of rotatable bonds is 4. The van der Waals surface area contributed by atoms with Gasteiger partial charge in [-0.05, 0) is 57.4 Å². The molecular weight excluding hydrogens is 304 g/mol. The molecule has 0 bridgehead atoms. The number of nitrogens with zero attached hydrogens (tertiary/aromatic N) is 2. The molecule has 1 saturated heterocycles. The molecule has 5 nitrogen and oxygen atoms in total. The second kappa shape index (κ2) is 7.24. The van der Waals surface area contributed by atoms with Gasteiger partial charge in [0, 0.05) is 37.7 Å². The van der Waals surface area contributed by atoms with Gasteiger partial charge in [-0.2, -0.15) is 0 Å². The SMILES string of the molecule is CC(C)Oc1ccc(C(=O)N2CCCN(C(=O)C3CC3)CC2)cc1. The third kappa shape index (κ3) is 4.08. The van der Waals surface area contributed by atoms with Crippen molar-refractivity contribution in [1.29, 1.82) is 0 Å². The lowest BCUT2D eigenvalue weighted by atomic mass is 10.2. The lowest BCUT2D eigenvalue weighted by Crippen LogP contribution is -2.37. The van der Waals surface area contributed by atoms with E-state index in [4.69, 9.17) is 4.74 Å². The number of amides is 2. The van der Waals surface area contributed by atoms with Crippen LogP contribution in [0.5, 0.6) is 5.75 Å². The lowest BCUT2D eigenvalue weighted by molar-refractivity contribution is -0.132. The molecule has 1 aliphatic carbocycles. The van der Waals surface area contributed by atoms with Crippen LogP contribution in [0.4, 0.5) is 0 Å².